The Labute approximate surface area is 119 Å². The molecule has 1 aromatic carbocycles. The van der Waals surface area contributed by atoms with Gasteiger partial charge in [-0.15, -0.1) is 0 Å². The zero-order valence-electron chi connectivity index (χ0n) is 10.8. The van der Waals surface area contributed by atoms with Crippen LogP contribution in [0.25, 0.3) is 0 Å². The quantitative estimate of drug-likeness (QED) is 0.787. The number of hydrogen-bond acceptors (Lipinski definition) is 3. The van der Waals surface area contributed by atoms with E-state index in [0.29, 0.717) is 18.4 Å². The van der Waals surface area contributed by atoms with Crippen LogP contribution in [0.2, 0.25) is 0 Å². The van der Waals surface area contributed by atoms with E-state index in [1.807, 2.05) is 0 Å². The molecule has 2 unspecified atom stereocenters. The van der Waals surface area contributed by atoms with E-state index in [4.69, 9.17) is 5.26 Å². The minimum Gasteiger partial charge on any atom is -0.294 e. The number of benzene rings is 1. The summed E-state index contributed by atoms with van der Waals surface area (Å²) in [4.78, 5) is 12.4. The van der Waals surface area contributed by atoms with Crippen molar-refractivity contribution >= 4 is 16.6 Å². The summed E-state index contributed by atoms with van der Waals surface area (Å²) in [5.74, 6) is -0.889. The highest BCUT2D eigenvalue weighted by Gasteiger charge is 2.42. The van der Waals surface area contributed by atoms with Crippen molar-refractivity contribution in [2.24, 2.45) is 5.92 Å². The Bertz CT molecular complexity index is 621. The van der Waals surface area contributed by atoms with Gasteiger partial charge in [0.2, 0.25) is 0 Å². The van der Waals surface area contributed by atoms with Crippen LogP contribution in [0.1, 0.15) is 41.6 Å². The molecular formula is C15H14FNO2S. The highest BCUT2D eigenvalue weighted by molar-refractivity contribution is 7.86. The van der Waals surface area contributed by atoms with Gasteiger partial charge in [0, 0.05) is 32.8 Å². The molecule has 3 nitrogen and oxygen atoms in total. The van der Waals surface area contributed by atoms with E-state index in [9.17, 15) is 13.4 Å². The van der Waals surface area contributed by atoms with Crippen molar-refractivity contribution in [2.45, 2.75) is 36.2 Å². The summed E-state index contributed by atoms with van der Waals surface area (Å²) in [7, 11) is -0.791. The zero-order chi connectivity index (χ0) is 14.3. The number of ketones is 1. The molecule has 1 aromatic rings. The van der Waals surface area contributed by atoms with Gasteiger partial charge in [0.05, 0.1) is 5.56 Å². The maximum Gasteiger partial charge on any atom is 0.166 e. The molecule has 20 heavy (non-hydrogen) atoms. The molecule has 0 N–H and O–H groups in total. The summed E-state index contributed by atoms with van der Waals surface area (Å²) in [6.45, 7) is 0. The third-order valence-electron chi connectivity index (χ3n) is 4.31. The van der Waals surface area contributed by atoms with Crippen LogP contribution in [0.3, 0.4) is 0 Å². The van der Waals surface area contributed by atoms with Crippen LogP contribution < -0.4 is 0 Å². The molecule has 0 radical (unpaired) electrons. The van der Waals surface area contributed by atoms with Crippen LogP contribution in [0.5, 0.6) is 0 Å². The molecule has 0 amide bonds. The lowest BCUT2D eigenvalue weighted by molar-refractivity contribution is 0.0905. The topological polar surface area (TPSA) is 57.9 Å². The summed E-state index contributed by atoms with van der Waals surface area (Å²) >= 11 is 0. The molecule has 2 aliphatic rings. The number of nitriles is 1. The highest BCUT2D eigenvalue weighted by atomic mass is 32.2. The van der Waals surface area contributed by atoms with Crippen molar-refractivity contribution in [3.05, 3.63) is 35.1 Å². The minimum absolute atomic E-state index is 0.0497. The fraction of sp³-hybridized carbons (Fsp3) is 0.467. The van der Waals surface area contributed by atoms with Crippen LogP contribution in [0, 0.1) is 23.1 Å². The van der Waals surface area contributed by atoms with Gasteiger partial charge in [0.15, 0.2) is 5.78 Å². The maximum atomic E-state index is 13.6. The molecule has 2 bridgehead atoms. The number of carbonyl (C=O) groups is 1. The van der Waals surface area contributed by atoms with Gasteiger partial charge in [-0.3, -0.25) is 9.00 Å². The number of halogens is 1. The standard InChI is InChI=1S/C15H14FNO2S/c16-14-7-9(1-2-10(14)8-17)15(18)11-5-12-3-4-13(6-11)20(12)19/h1-2,7,11-13H,3-6H2. The molecule has 2 saturated heterocycles. The van der Waals surface area contributed by atoms with E-state index in [1.165, 1.54) is 12.1 Å². The van der Waals surface area contributed by atoms with Gasteiger partial charge in [-0.1, -0.05) is 0 Å². The average molecular weight is 291 g/mol. The van der Waals surface area contributed by atoms with Crippen LogP contribution in [-0.2, 0) is 10.8 Å². The Balaban J connectivity index is 1.82. The van der Waals surface area contributed by atoms with Gasteiger partial charge < -0.3 is 0 Å². The first-order valence-electron chi connectivity index (χ1n) is 6.73. The second kappa shape index (κ2) is 5.10. The van der Waals surface area contributed by atoms with Gasteiger partial charge >= 0.3 is 0 Å². The summed E-state index contributed by atoms with van der Waals surface area (Å²) in [6.07, 6.45) is 3.15. The predicted octanol–water partition coefficient (Wildman–Crippen LogP) is 2.57. The second-order valence-corrected chi connectivity index (χ2v) is 7.48. The smallest absolute Gasteiger partial charge is 0.166 e. The van der Waals surface area contributed by atoms with Crippen LogP contribution in [0.15, 0.2) is 18.2 Å². The van der Waals surface area contributed by atoms with Gasteiger partial charge in [-0.05, 0) is 43.9 Å². The first-order chi connectivity index (χ1) is 9.60. The lowest BCUT2D eigenvalue weighted by atomic mass is 9.90. The molecule has 2 heterocycles. The maximum absolute atomic E-state index is 13.6. The molecule has 3 rings (SSSR count). The van der Waals surface area contributed by atoms with Gasteiger partial charge in [-0.25, -0.2) is 4.39 Å². The van der Waals surface area contributed by atoms with Crippen molar-refractivity contribution in [2.75, 3.05) is 0 Å². The van der Waals surface area contributed by atoms with Crippen molar-refractivity contribution in [3.63, 3.8) is 0 Å². The first-order valence-corrected chi connectivity index (χ1v) is 8.01. The van der Waals surface area contributed by atoms with Crippen LogP contribution in [-0.4, -0.2) is 20.5 Å². The number of carbonyl (C=O) groups excluding carboxylic acids is 1. The highest BCUT2D eigenvalue weighted by Crippen LogP contribution is 2.39. The fourth-order valence-electron chi connectivity index (χ4n) is 3.24. The van der Waals surface area contributed by atoms with Crippen molar-refractivity contribution in [3.8, 4) is 6.07 Å². The first kappa shape index (κ1) is 13.4. The van der Waals surface area contributed by atoms with E-state index in [2.05, 4.69) is 0 Å². The summed E-state index contributed by atoms with van der Waals surface area (Å²) in [6, 6.07) is 5.75. The predicted molar refractivity (Wildman–Crippen MR) is 73.1 cm³/mol. The summed E-state index contributed by atoms with van der Waals surface area (Å²) in [5.41, 5.74) is 0.268. The third kappa shape index (κ3) is 2.18. The molecule has 0 aliphatic carbocycles. The van der Waals surface area contributed by atoms with E-state index in [1.54, 1.807) is 6.07 Å². The fourth-order valence-corrected chi connectivity index (χ4v) is 5.37. The molecule has 0 aromatic heterocycles. The molecule has 0 spiro atoms. The number of fused-ring (bicyclic) bond motifs is 2. The molecule has 2 fully saturated rings. The third-order valence-corrected chi connectivity index (χ3v) is 6.48. The molecule has 0 saturated carbocycles. The Morgan fingerprint density at radius 1 is 1.30 bits per heavy atom. The largest absolute Gasteiger partial charge is 0.294 e. The van der Waals surface area contributed by atoms with Crippen LogP contribution in [0.4, 0.5) is 4.39 Å². The van der Waals surface area contributed by atoms with E-state index >= 15 is 0 Å². The molecular weight excluding hydrogens is 277 g/mol. The van der Waals surface area contributed by atoms with E-state index in [-0.39, 0.29) is 27.8 Å². The summed E-state index contributed by atoms with van der Waals surface area (Å²) < 4.78 is 25.5. The van der Waals surface area contributed by atoms with Gasteiger partial charge in [0.1, 0.15) is 11.9 Å². The molecule has 2 aliphatic heterocycles. The van der Waals surface area contributed by atoms with Crippen molar-refractivity contribution in [1.29, 1.82) is 5.26 Å². The molecule has 5 heteroatoms. The number of hydrogen-bond donors (Lipinski definition) is 0. The van der Waals surface area contributed by atoms with Crippen molar-refractivity contribution in [1.82, 2.24) is 0 Å². The normalized spacial score (nSPS) is 31.8. The molecule has 104 valence electrons. The van der Waals surface area contributed by atoms with Gasteiger partial charge in [-0.2, -0.15) is 5.26 Å². The number of rotatable bonds is 2. The monoisotopic (exact) mass is 291 g/mol. The van der Waals surface area contributed by atoms with Crippen molar-refractivity contribution < 1.29 is 13.4 Å². The van der Waals surface area contributed by atoms with E-state index < -0.39 is 16.6 Å². The van der Waals surface area contributed by atoms with Crippen LogP contribution >= 0.6 is 0 Å². The number of Topliss-reactive ketones (excluding diaryl/α,β-unsaturated/α-hetero) is 1. The Morgan fingerprint density at radius 2 is 1.95 bits per heavy atom. The summed E-state index contributed by atoms with van der Waals surface area (Å²) in [5, 5.41) is 8.96. The SMILES string of the molecule is N#Cc1ccc(C(=O)C2CC3CCC(C2)S3=O)cc1F. The minimum atomic E-state index is -0.791. The Hall–Kier alpha value is -1.54. The molecule has 2 atom stereocenters. The Kier molecular flexibility index (Phi) is 3.43. The Morgan fingerprint density at radius 3 is 2.50 bits per heavy atom. The lowest BCUT2D eigenvalue weighted by Crippen LogP contribution is -2.32. The van der Waals surface area contributed by atoms with E-state index in [0.717, 1.165) is 18.9 Å². The second-order valence-electron chi connectivity index (χ2n) is 5.49. The number of nitrogens with zero attached hydrogens (tertiary/aromatic N) is 1. The lowest BCUT2D eigenvalue weighted by Gasteiger charge is -2.26. The average Bonchev–Trinajstić information content (AvgIpc) is 2.67. The van der Waals surface area contributed by atoms with Gasteiger partial charge in [0.25, 0.3) is 0 Å². The zero-order valence-corrected chi connectivity index (χ0v) is 11.7.